The first-order valence-corrected chi connectivity index (χ1v) is 3.07. The van der Waals surface area contributed by atoms with Gasteiger partial charge in [0.2, 0.25) is 0 Å². The molecule has 0 unspecified atom stereocenters. The van der Waals surface area contributed by atoms with Gasteiger partial charge in [-0.25, -0.2) is 0 Å². The summed E-state index contributed by atoms with van der Waals surface area (Å²) in [5.41, 5.74) is 2.47. The number of rotatable bonds is 1. The molecule has 0 saturated heterocycles. The molecule has 0 atom stereocenters. The van der Waals surface area contributed by atoms with Crippen molar-refractivity contribution in [3.8, 4) is 0 Å². The Balaban J connectivity index is 0.000000810. The van der Waals surface area contributed by atoms with Gasteiger partial charge in [0.15, 0.2) is 0 Å². The Morgan fingerprint density at radius 2 is 1.60 bits per heavy atom. The van der Waals surface area contributed by atoms with E-state index in [4.69, 9.17) is 0 Å². The first kappa shape index (κ1) is 9.02. The summed E-state index contributed by atoms with van der Waals surface area (Å²) in [4.78, 5) is 0. The van der Waals surface area contributed by atoms with E-state index in [0.29, 0.717) is 0 Å². The highest BCUT2D eigenvalue weighted by Crippen LogP contribution is 2.06. The fourth-order valence-corrected chi connectivity index (χ4v) is 0.720. The van der Waals surface area contributed by atoms with Crippen molar-refractivity contribution in [3.63, 3.8) is 0 Å². The van der Waals surface area contributed by atoms with Gasteiger partial charge in [-0.2, -0.15) is 0 Å². The predicted octanol–water partition coefficient (Wildman–Crippen LogP) is 2.67. The molecule has 0 aromatic heterocycles. The predicted molar refractivity (Wildman–Crippen MR) is 47.5 cm³/mol. The van der Waals surface area contributed by atoms with Gasteiger partial charge in [0.05, 0.1) is 0 Å². The number of aryl methyl sites for hydroxylation is 1. The Kier molecular flexibility index (Phi) is 3.55. The Bertz CT molecular complexity index is 176. The Hall–Kier alpha value is -0.980. The summed E-state index contributed by atoms with van der Waals surface area (Å²) in [7, 11) is 1.92. The van der Waals surface area contributed by atoms with E-state index in [-0.39, 0.29) is 7.43 Å². The molecule has 0 amide bonds. The summed E-state index contributed by atoms with van der Waals surface area (Å²) in [5, 5.41) is 3.05. The van der Waals surface area contributed by atoms with Crippen LogP contribution in [0.15, 0.2) is 24.3 Å². The Morgan fingerprint density at radius 3 is 2.00 bits per heavy atom. The van der Waals surface area contributed by atoms with E-state index in [1.54, 1.807) is 0 Å². The summed E-state index contributed by atoms with van der Waals surface area (Å²) < 4.78 is 0. The maximum atomic E-state index is 3.05. The zero-order valence-corrected chi connectivity index (χ0v) is 5.81. The van der Waals surface area contributed by atoms with Crippen LogP contribution in [0.1, 0.15) is 13.0 Å². The van der Waals surface area contributed by atoms with Crippen LogP contribution >= 0.6 is 0 Å². The quantitative estimate of drug-likeness (QED) is 0.627. The molecule has 56 valence electrons. The van der Waals surface area contributed by atoms with Crippen LogP contribution < -0.4 is 5.32 Å². The van der Waals surface area contributed by atoms with E-state index in [1.807, 2.05) is 7.05 Å². The molecule has 1 aromatic carbocycles. The molecule has 0 aliphatic heterocycles. The van der Waals surface area contributed by atoms with E-state index >= 15 is 0 Å². The molecule has 1 rings (SSSR count). The van der Waals surface area contributed by atoms with Gasteiger partial charge < -0.3 is 5.32 Å². The molecule has 1 N–H and O–H groups in total. The van der Waals surface area contributed by atoms with Crippen molar-refractivity contribution in [1.29, 1.82) is 0 Å². The Morgan fingerprint density at radius 1 is 1.10 bits per heavy atom. The molecule has 1 nitrogen and oxygen atoms in total. The SMILES string of the molecule is C.CNc1ccc(C)cc1. The molecular formula is C9H15N. The molecule has 0 spiro atoms. The highest BCUT2D eigenvalue weighted by atomic mass is 14.8. The summed E-state index contributed by atoms with van der Waals surface area (Å²) in [5.74, 6) is 0. The largest absolute Gasteiger partial charge is 0.388 e. The van der Waals surface area contributed by atoms with E-state index < -0.39 is 0 Å². The minimum Gasteiger partial charge on any atom is -0.388 e. The number of nitrogens with one attached hydrogen (secondary N) is 1. The van der Waals surface area contributed by atoms with Gasteiger partial charge in [0.25, 0.3) is 0 Å². The van der Waals surface area contributed by atoms with Crippen LogP contribution in [-0.4, -0.2) is 7.05 Å². The summed E-state index contributed by atoms with van der Waals surface area (Å²) in [6.45, 7) is 2.08. The van der Waals surface area contributed by atoms with Gasteiger partial charge in [-0.1, -0.05) is 25.1 Å². The lowest BCUT2D eigenvalue weighted by atomic mass is 10.2. The van der Waals surface area contributed by atoms with Crippen molar-refractivity contribution >= 4 is 5.69 Å². The minimum atomic E-state index is 0. The van der Waals surface area contributed by atoms with Crippen molar-refractivity contribution in [2.75, 3.05) is 12.4 Å². The molecular weight excluding hydrogens is 122 g/mol. The minimum absolute atomic E-state index is 0. The van der Waals surface area contributed by atoms with Crippen molar-refractivity contribution in [1.82, 2.24) is 0 Å². The van der Waals surface area contributed by atoms with Crippen LogP contribution in [0.25, 0.3) is 0 Å². The smallest absolute Gasteiger partial charge is 0.0337 e. The third-order valence-corrected chi connectivity index (χ3v) is 1.34. The molecule has 1 heteroatoms. The average Bonchev–Trinajstić information content (AvgIpc) is 1.90. The van der Waals surface area contributed by atoms with Crippen LogP contribution in [0.3, 0.4) is 0 Å². The number of benzene rings is 1. The zero-order valence-electron chi connectivity index (χ0n) is 5.81. The van der Waals surface area contributed by atoms with Gasteiger partial charge in [0, 0.05) is 12.7 Å². The van der Waals surface area contributed by atoms with Crippen molar-refractivity contribution in [2.24, 2.45) is 0 Å². The normalized spacial score (nSPS) is 8.20. The lowest BCUT2D eigenvalue weighted by molar-refractivity contribution is 1.44. The fourth-order valence-electron chi connectivity index (χ4n) is 0.720. The van der Waals surface area contributed by atoms with Crippen molar-refractivity contribution < 1.29 is 0 Å². The number of hydrogen-bond acceptors (Lipinski definition) is 1. The second-order valence-corrected chi connectivity index (χ2v) is 2.12. The molecule has 0 aliphatic rings. The van der Waals surface area contributed by atoms with Gasteiger partial charge in [-0.3, -0.25) is 0 Å². The molecule has 0 fully saturated rings. The molecule has 1 aromatic rings. The maximum absolute atomic E-state index is 3.05. The average molecular weight is 137 g/mol. The molecule has 0 heterocycles. The summed E-state index contributed by atoms with van der Waals surface area (Å²) >= 11 is 0. The van der Waals surface area contributed by atoms with E-state index in [2.05, 4.69) is 36.5 Å². The van der Waals surface area contributed by atoms with Crippen LogP contribution in [0.4, 0.5) is 5.69 Å². The molecule has 0 bridgehead atoms. The topological polar surface area (TPSA) is 12.0 Å². The van der Waals surface area contributed by atoms with Crippen LogP contribution in [-0.2, 0) is 0 Å². The number of hydrogen-bond donors (Lipinski definition) is 1. The first-order chi connectivity index (χ1) is 4.33. The maximum Gasteiger partial charge on any atom is 0.0337 e. The van der Waals surface area contributed by atoms with Gasteiger partial charge in [0.1, 0.15) is 0 Å². The van der Waals surface area contributed by atoms with Crippen LogP contribution in [0, 0.1) is 6.92 Å². The molecule has 0 saturated carbocycles. The molecule has 0 aliphatic carbocycles. The highest BCUT2D eigenvalue weighted by Gasteiger charge is 1.83. The standard InChI is InChI=1S/C8H11N.CH4/c1-7-3-5-8(9-2)6-4-7;/h3-6,9H,1-2H3;1H4. The highest BCUT2D eigenvalue weighted by molar-refractivity contribution is 5.43. The third kappa shape index (κ3) is 2.09. The molecule has 10 heavy (non-hydrogen) atoms. The van der Waals surface area contributed by atoms with E-state index in [1.165, 1.54) is 11.3 Å². The monoisotopic (exact) mass is 137 g/mol. The van der Waals surface area contributed by atoms with E-state index in [9.17, 15) is 0 Å². The first-order valence-electron chi connectivity index (χ1n) is 3.07. The third-order valence-electron chi connectivity index (χ3n) is 1.34. The van der Waals surface area contributed by atoms with Crippen LogP contribution in [0.5, 0.6) is 0 Å². The van der Waals surface area contributed by atoms with Crippen molar-refractivity contribution in [2.45, 2.75) is 14.4 Å². The van der Waals surface area contributed by atoms with Crippen molar-refractivity contribution in [3.05, 3.63) is 29.8 Å². The Labute approximate surface area is 63.1 Å². The lowest BCUT2D eigenvalue weighted by Gasteiger charge is -1.97. The second kappa shape index (κ2) is 3.94. The van der Waals surface area contributed by atoms with Gasteiger partial charge in [-0.05, 0) is 19.1 Å². The fraction of sp³-hybridized carbons (Fsp3) is 0.333. The second-order valence-electron chi connectivity index (χ2n) is 2.12. The van der Waals surface area contributed by atoms with E-state index in [0.717, 1.165) is 0 Å². The lowest BCUT2D eigenvalue weighted by Crippen LogP contribution is -1.85. The zero-order chi connectivity index (χ0) is 6.69. The van der Waals surface area contributed by atoms with Gasteiger partial charge >= 0.3 is 0 Å². The van der Waals surface area contributed by atoms with Crippen LogP contribution in [0.2, 0.25) is 0 Å². The number of anilines is 1. The van der Waals surface area contributed by atoms with Gasteiger partial charge in [-0.15, -0.1) is 0 Å². The summed E-state index contributed by atoms with van der Waals surface area (Å²) in [6.07, 6.45) is 0. The summed E-state index contributed by atoms with van der Waals surface area (Å²) in [6, 6.07) is 8.31. The molecule has 0 radical (unpaired) electrons.